The number of rotatable bonds is 14. The van der Waals surface area contributed by atoms with Gasteiger partial charge in [-0.2, -0.15) is 0 Å². The van der Waals surface area contributed by atoms with E-state index in [0.717, 1.165) is 32.5 Å². The molecule has 0 fully saturated rings. The Labute approximate surface area is 165 Å². The van der Waals surface area contributed by atoms with Gasteiger partial charge in [0.25, 0.3) is 0 Å². The van der Waals surface area contributed by atoms with Crippen LogP contribution in [0, 0.1) is 0 Å². The molecule has 0 bridgehead atoms. The molecule has 0 unspecified atom stereocenters. The molecule has 0 aromatic heterocycles. The van der Waals surface area contributed by atoms with E-state index in [1.807, 2.05) is 13.8 Å². The van der Waals surface area contributed by atoms with Crippen LogP contribution in [-0.4, -0.2) is 59.2 Å². The molecular weight excluding hydrogens is 326 g/mol. The number of unbranched alkanes of at least 4 members (excludes halogenated alkanes) is 9. The molecule has 0 heterocycles. The monoisotopic (exact) mass is 364 g/mol. The van der Waals surface area contributed by atoms with Crippen molar-refractivity contribution in [3.05, 3.63) is 0 Å². The quantitative estimate of drug-likeness (QED) is 0.271. The molecule has 0 aliphatic rings. The van der Waals surface area contributed by atoms with Crippen LogP contribution < -0.4 is 0 Å². The van der Waals surface area contributed by atoms with Crippen molar-refractivity contribution in [3.63, 3.8) is 0 Å². The molecule has 5 nitrogen and oxygen atoms in total. The summed E-state index contributed by atoms with van der Waals surface area (Å²) in [7, 11) is -4.24. The third-order valence-corrected chi connectivity index (χ3v) is 3.68. The van der Waals surface area contributed by atoms with Crippen molar-refractivity contribution >= 4 is 37.4 Å². The second-order valence-electron chi connectivity index (χ2n) is 5.29. The summed E-state index contributed by atoms with van der Waals surface area (Å²) in [5, 5.41) is 0. The molecule has 7 heteroatoms. The SMILES string of the molecule is CCCCCCCCCCCCOP(=O)(O)O.CCOCC.[NaH]. The molecular formula is C16H38NaO5P. The van der Waals surface area contributed by atoms with Crippen molar-refractivity contribution in [3.8, 4) is 0 Å². The standard InChI is InChI=1S/C12H27O4P.C4H10O.Na.H/c1-2-3-4-5-6-7-8-9-10-11-12-16-17(13,14)15;1-3-5-4-2;;/h2-12H2,1H3,(H2,13,14,15);3-4H2,1-2H3;;. The first-order valence-corrected chi connectivity index (χ1v) is 10.3. The third-order valence-electron chi connectivity index (χ3n) is 3.17. The molecule has 138 valence electrons. The van der Waals surface area contributed by atoms with Gasteiger partial charge in [0.05, 0.1) is 6.61 Å². The van der Waals surface area contributed by atoms with Gasteiger partial charge in [-0.05, 0) is 20.3 Å². The van der Waals surface area contributed by atoms with Crippen LogP contribution in [-0.2, 0) is 13.8 Å². The van der Waals surface area contributed by atoms with Gasteiger partial charge in [0, 0.05) is 13.2 Å². The molecule has 0 saturated heterocycles. The summed E-state index contributed by atoms with van der Waals surface area (Å²) in [4.78, 5) is 16.9. The summed E-state index contributed by atoms with van der Waals surface area (Å²) < 4.78 is 19.6. The van der Waals surface area contributed by atoms with Gasteiger partial charge in [0.1, 0.15) is 0 Å². The van der Waals surface area contributed by atoms with Crippen LogP contribution in [0.4, 0.5) is 0 Å². The summed E-state index contributed by atoms with van der Waals surface area (Å²) in [5.41, 5.74) is 0. The second kappa shape index (κ2) is 23.1. The Morgan fingerprint density at radius 2 is 1.13 bits per heavy atom. The summed E-state index contributed by atoms with van der Waals surface area (Å²) in [6.45, 7) is 8.06. The van der Waals surface area contributed by atoms with E-state index in [1.165, 1.54) is 44.9 Å². The fourth-order valence-electron chi connectivity index (χ4n) is 1.98. The van der Waals surface area contributed by atoms with E-state index in [2.05, 4.69) is 11.4 Å². The minimum absolute atomic E-state index is 0. The topological polar surface area (TPSA) is 76.0 Å². The summed E-state index contributed by atoms with van der Waals surface area (Å²) >= 11 is 0. The Morgan fingerprint density at radius 1 is 0.739 bits per heavy atom. The third kappa shape index (κ3) is 35.1. The molecule has 2 N–H and O–H groups in total. The van der Waals surface area contributed by atoms with Gasteiger partial charge in [-0.15, -0.1) is 0 Å². The van der Waals surface area contributed by atoms with E-state index in [-0.39, 0.29) is 36.2 Å². The molecule has 0 saturated carbocycles. The molecule has 0 aromatic carbocycles. The second-order valence-corrected chi connectivity index (χ2v) is 6.53. The van der Waals surface area contributed by atoms with Crippen molar-refractivity contribution in [1.82, 2.24) is 0 Å². The number of phosphoric ester groups is 1. The van der Waals surface area contributed by atoms with E-state index in [1.54, 1.807) is 0 Å². The van der Waals surface area contributed by atoms with Crippen molar-refractivity contribution in [2.75, 3.05) is 19.8 Å². The first-order chi connectivity index (χ1) is 10.5. The Bertz CT molecular complexity index is 247. The summed E-state index contributed by atoms with van der Waals surface area (Å²) in [6.07, 6.45) is 12.0. The van der Waals surface area contributed by atoms with Crippen LogP contribution in [0.2, 0.25) is 0 Å². The molecule has 0 spiro atoms. The van der Waals surface area contributed by atoms with Gasteiger partial charge in [0.2, 0.25) is 0 Å². The minimum atomic E-state index is -4.24. The maximum absolute atomic E-state index is 10.4. The van der Waals surface area contributed by atoms with E-state index < -0.39 is 7.82 Å². The van der Waals surface area contributed by atoms with Crippen molar-refractivity contribution in [2.45, 2.75) is 85.0 Å². The van der Waals surface area contributed by atoms with Crippen LogP contribution in [0.25, 0.3) is 0 Å². The molecule has 0 aromatic rings. The Kier molecular flexibility index (Phi) is 28.9. The summed E-state index contributed by atoms with van der Waals surface area (Å²) in [5.74, 6) is 0. The van der Waals surface area contributed by atoms with Gasteiger partial charge in [0.15, 0.2) is 0 Å². The Balaban J connectivity index is -0.000000578. The van der Waals surface area contributed by atoms with Crippen LogP contribution in [0.15, 0.2) is 0 Å². The zero-order valence-corrected chi connectivity index (χ0v) is 15.7. The summed E-state index contributed by atoms with van der Waals surface area (Å²) in [6, 6.07) is 0. The molecule has 0 amide bonds. The van der Waals surface area contributed by atoms with E-state index in [9.17, 15) is 4.57 Å². The van der Waals surface area contributed by atoms with Crippen LogP contribution in [0.3, 0.4) is 0 Å². The van der Waals surface area contributed by atoms with Gasteiger partial charge in [-0.25, -0.2) is 4.57 Å². The predicted octanol–water partition coefficient (Wildman–Crippen LogP) is 4.41. The van der Waals surface area contributed by atoms with Crippen molar-refractivity contribution < 1.29 is 23.6 Å². The molecule has 0 aliphatic carbocycles. The fraction of sp³-hybridized carbons (Fsp3) is 1.00. The number of hydrogen-bond acceptors (Lipinski definition) is 3. The molecule has 0 atom stereocenters. The van der Waals surface area contributed by atoms with E-state index in [0.29, 0.717) is 0 Å². The normalized spacial score (nSPS) is 10.7. The number of ether oxygens (including phenoxy) is 1. The zero-order valence-electron chi connectivity index (χ0n) is 14.8. The first kappa shape index (κ1) is 28.9. The molecule has 0 rings (SSSR count). The molecule has 0 radical (unpaired) electrons. The van der Waals surface area contributed by atoms with E-state index in [4.69, 9.17) is 14.5 Å². The number of hydrogen-bond donors (Lipinski definition) is 2. The Morgan fingerprint density at radius 3 is 1.43 bits per heavy atom. The van der Waals surface area contributed by atoms with Crippen molar-refractivity contribution in [2.24, 2.45) is 0 Å². The van der Waals surface area contributed by atoms with Gasteiger partial charge in [-0.3, -0.25) is 4.52 Å². The average Bonchev–Trinajstić information content (AvgIpc) is 2.45. The fourth-order valence-corrected chi connectivity index (χ4v) is 2.34. The van der Waals surface area contributed by atoms with Gasteiger partial charge in [-0.1, -0.05) is 64.7 Å². The molecule has 23 heavy (non-hydrogen) atoms. The van der Waals surface area contributed by atoms with Crippen LogP contribution in [0.1, 0.15) is 85.0 Å². The Hall–Kier alpha value is 1.07. The van der Waals surface area contributed by atoms with E-state index >= 15 is 0 Å². The van der Waals surface area contributed by atoms with Crippen LogP contribution >= 0.6 is 7.82 Å². The van der Waals surface area contributed by atoms with Gasteiger partial charge >= 0.3 is 37.4 Å². The first-order valence-electron chi connectivity index (χ1n) is 8.75. The van der Waals surface area contributed by atoms with Crippen molar-refractivity contribution in [1.29, 1.82) is 0 Å². The molecule has 0 aliphatic heterocycles. The van der Waals surface area contributed by atoms with Gasteiger partial charge < -0.3 is 14.5 Å². The predicted molar refractivity (Wildman–Crippen MR) is 99.2 cm³/mol. The number of phosphoric acid groups is 1. The maximum atomic E-state index is 10.4. The zero-order chi connectivity index (χ0) is 17.1. The van der Waals surface area contributed by atoms with Crippen LogP contribution in [0.5, 0.6) is 0 Å². The average molecular weight is 364 g/mol.